The van der Waals surface area contributed by atoms with Crippen LogP contribution in [0, 0.1) is 23.7 Å². The molecule has 15 heteroatoms. The molecule has 71 heavy (non-hydrogen) atoms. The Morgan fingerprint density at radius 1 is 0.507 bits per heavy atom. The van der Waals surface area contributed by atoms with Gasteiger partial charge in [0.2, 0.25) is 35.4 Å². The number of hydrogen-bond donors (Lipinski definition) is 8. The minimum Gasteiger partial charge on any atom is -0.361 e. The van der Waals surface area contributed by atoms with Crippen LogP contribution in [0.1, 0.15) is 86.8 Å². The zero-order valence-electron chi connectivity index (χ0n) is 42.5. The van der Waals surface area contributed by atoms with E-state index in [2.05, 4.69) is 78.6 Å². The molecule has 0 spiro atoms. The van der Waals surface area contributed by atoms with E-state index in [1.807, 2.05) is 118 Å². The molecule has 2 aliphatic heterocycles. The van der Waals surface area contributed by atoms with E-state index in [0.29, 0.717) is 0 Å². The second kappa shape index (κ2) is 20.9. The maximum absolute atomic E-state index is 15.0. The summed E-state index contributed by atoms with van der Waals surface area (Å²) in [7, 11) is 0. The summed E-state index contributed by atoms with van der Waals surface area (Å²) < 4.78 is -0.690. The lowest BCUT2D eigenvalue weighted by Crippen LogP contribution is -2.61. The van der Waals surface area contributed by atoms with Gasteiger partial charge >= 0.3 is 0 Å². The highest BCUT2D eigenvalue weighted by molar-refractivity contribution is 8.01. The number of nitrogens with one attached hydrogen (secondary N) is 8. The Morgan fingerprint density at radius 2 is 1.04 bits per heavy atom. The van der Waals surface area contributed by atoms with Gasteiger partial charge in [0.05, 0.1) is 11.4 Å². The average molecular weight is 983 g/mol. The van der Waals surface area contributed by atoms with Gasteiger partial charge in [0.1, 0.15) is 36.3 Å². The minimum absolute atomic E-state index is 0.0671. The molecule has 2 bridgehead atoms. The number of thioether (sulfide) groups is 1. The molecule has 1 aromatic heterocycles. The quantitative estimate of drug-likeness (QED) is 0.0741. The maximum atomic E-state index is 15.0. The van der Waals surface area contributed by atoms with Crippen molar-refractivity contribution >= 4 is 90.4 Å². The summed E-state index contributed by atoms with van der Waals surface area (Å²) in [4.78, 5) is 91.5. The second-order valence-corrected chi connectivity index (χ2v) is 23.4. The summed E-state index contributed by atoms with van der Waals surface area (Å²) in [5, 5.41) is 28.6. The Hall–Kier alpha value is -6.19. The van der Waals surface area contributed by atoms with E-state index in [4.69, 9.17) is 0 Å². The van der Waals surface area contributed by atoms with E-state index in [1.165, 1.54) is 11.8 Å². The van der Waals surface area contributed by atoms with E-state index >= 15 is 0 Å². The average Bonchev–Trinajstić information content (AvgIpc) is 3.88. The van der Waals surface area contributed by atoms with Crippen molar-refractivity contribution in [3.63, 3.8) is 0 Å². The van der Waals surface area contributed by atoms with Crippen LogP contribution in [0.5, 0.6) is 0 Å². The molecular formula is C56H70N8O6S. The first-order valence-electron chi connectivity index (χ1n) is 25.2. The molecule has 1 unspecified atom stereocenters. The van der Waals surface area contributed by atoms with Crippen molar-refractivity contribution in [2.45, 2.75) is 141 Å². The molecule has 5 aromatic carbocycles. The minimum atomic E-state index is -1.19. The van der Waals surface area contributed by atoms with Crippen LogP contribution < -0.4 is 37.2 Å². The van der Waals surface area contributed by atoms with Gasteiger partial charge in [0, 0.05) is 34.7 Å². The number of aromatic nitrogens is 1. The zero-order chi connectivity index (χ0) is 51.1. The largest absolute Gasteiger partial charge is 0.361 e. The number of aromatic amines is 1. The predicted molar refractivity (Wildman–Crippen MR) is 284 cm³/mol. The van der Waals surface area contributed by atoms with Gasteiger partial charge in [0.15, 0.2) is 0 Å². The number of para-hydroxylation sites is 1. The summed E-state index contributed by atoms with van der Waals surface area (Å²) in [6.07, 6.45) is 2.28. The molecule has 376 valence electrons. The van der Waals surface area contributed by atoms with Crippen molar-refractivity contribution in [3.05, 3.63) is 96.2 Å². The first-order chi connectivity index (χ1) is 33.7. The summed E-state index contributed by atoms with van der Waals surface area (Å²) in [5.41, 5.74) is 2.52. The fourth-order valence-corrected chi connectivity index (χ4v) is 12.1. The SMILES string of the molecule is CC(C)C[C@H]1NC(=O)[C@H](Cc2ccc3ccc4cccc5ccc2c3c45)NC(=O)[C@@H](C(C)C)NC(=O)[C@H]2NC(SC2(C)C)[C@H](C(C)C)NC(=O)[C@@H](Cc2c[nH]c3ccccc23)NC(=O)[C@H](C(C)C)NC1=O. The molecule has 0 aliphatic carbocycles. The monoisotopic (exact) mass is 983 g/mol. The van der Waals surface area contributed by atoms with E-state index < -0.39 is 93.8 Å². The first-order valence-corrected chi connectivity index (χ1v) is 26.0. The van der Waals surface area contributed by atoms with Crippen molar-refractivity contribution in [1.29, 1.82) is 0 Å². The van der Waals surface area contributed by atoms with Gasteiger partial charge in [-0.3, -0.25) is 34.1 Å². The van der Waals surface area contributed by atoms with Crippen LogP contribution in [-0.4, -0.2) is 92.8 Å². The molecule has 8 atom stereocenters. The Labute approximate surface area is 420 Å². The number of hydrogen-bond acceptors (Lipinski definition) is 8. The van der Waals surface area contributed by atoms with Crippen molar-refractivity contribution in [2.24, 2.45) is 23.7 Å². The number of H-pyrrole nitrogens is 1. The van der Waals surface area contributed by atoms with Crippen LogP contribution in [0.25, 0.3) is 43.2 Å². The third kappa shape index (κ3) is 10.9. The second-order valence-electron chi connectivity index (χ2n) is 21.6. The third-order valence-corrected chi connectivity index (χ3v) is 15.8. The van der Waals surface area contributed by atoms with Gasteiger partial charge in [0.25, 0.3) is 0 Å². The summed E-state index contributed by atoms with van der Waals surface area (Å²) in [5.74, 6) is -4.09. The van der Waals surface area contributed by atoms with Gasteiger partial charge < -0.3 is 36.9 Å². The third-order valence-electron chi connectivity index (χ3n) is 14.3. The van der Waals surface area contributed by atoms with Gasteiger partial charge in [-0.15, -0.1) is 11.8 Å². The molecule has 3 heterocycles. The molecule has 0 saturated carbocycles. The highest BCUT2D eigenvalue weighted by Gasteiger charge is 2.49. The fourth-order valence-electron chi connectivity index (χ4n) is 10.4. The molecule has 8 rings (SSSR count). The molecule has 14 nitrogen and oxygen atoms in total. The molecule has 6 aromatic rings. The summed E-state index contributed by atoms with van der Waals surface area (Å²) in [6.45, 7) is 19.1. The normalized spacial score (nSPS) is 25.4. The van der Waals surface area contributed by atoms with Crippen LogP contribution >= 0.6 is 11.8 Å². The van der Waals surface area contributed by atoms with E-state index in [9.17, 15) is 28.8 Å². The number of rotatable bonds is 9. The number of fused-ring (bicyclic) bond motifs is 3. The van der Waals surface area contributed by atoms with Crippen LogP contribution in [0.2, 0.25) is 0 Å². The van der Waals surface area contributed by atoms with Crippen LogP contribution in [0.15, 0.2) is 85.1 Å². The summed E-state index contributed by atoms with van der Waals surface area (Å²) in [6, 6.07) is 19.5. The molecule has 8 N–H and O–H groups in total. The first kappa shape index (κ1) is 51.2. The number of benzene rings is 5. The Morgan fingerprint density at radius 3 is 1.66 bits per heavy atom. The predicted octanol–water partition coefficient (Wildman–Crippen LogP) is 6.60. The molecule has 2 fully saturated rings. The molecule has 6 amide bonds. The van der Waals surface area contributed by atoms with Crippen LogP contribution in [0.4, 0.5) is 0 Å². The lowest BCUT2D eigenvalue weighted by Gasteiger charge is -2.32. The van der Waals surface area contributed by atoms with E-state index in [0.717, 1.165) is 54.3 Å². The van der Waals surface area contributed by atoms with Crippen molar-refractivity contribution in [2.75, 3.05) is 0 Å². The van der Waals surface area contributed by atoms with Crippen molar-refractivity contribution < 1.29 is 28.8 Å². The van der Waals surface area contributed by atoms with Gasteiger partial charge in [-0.05, 0) is 93.5 Å². The number of carbonyl (C=O) groups excluding carboxylic acids is 6. The summed E-state index contributed by atoms with van der Waals surface area (Å²) >= 11 is 1.53. The topological polar surface area (TPSA) is 202 Å². The van der Waals surface area contributed by atoms with Gasteiger partial charge in [-0.1, -0.05) is 128 Å². The smallest absolute Gasteiger partial charge is 0.243 e. The van der Waals surface area contributed by atoms with E-state index in [-0.39, 0.29) is 37.0 Å². The lowest BCUT2D eigenvalue weighted by atomic mass is 9.90. The standard InChI is InChI=1S/C56H70N8O6S/c1-28(2)24-40-50(66)61-45(29(3)4)52(68)60-42(26-36-27-57-39-17-12-11-16-37(36)39)51(67)63-47(31(7)8)55-64-48(56(9,10)71-55)54(70)62-46(30(5)6)53(69)59-41(49(65)58-40)25-35-21-20-34-19-18-32-14-13-15-33-22-23-38(35)44(34)43(32)33/h11-23,27-31,40-42,45-48,55,57,64H,24-26H2,1-10H3,(H,58,65)(H,59,69)(H,60,68)(H,61,66)(H,62,70)(H,63,67)/t40-,41+,42-,45+,46-,47+,48-,55?/m1/s1. The van der Waals surface area contributed by atoms with Gasteiger partial charge in [-0.25, -0.2) is 0 Å². The molecule has 0 radical (unpaired) electrons. The van der Waals surface area contributed by atoms with Crippen molar-refractivity contribution in [3.8, 4) is 0 Å². The molecule has 2 saturated heterocycles. The zero-order valence-corrected chi connectivity index (χ0v) is 43.3. The molecule has 2 aliphatic rings. The van der Waals surface area contributed by atoms with Gasteiger partial charge in [-0.2, -0.15) is 0 Å². The lowest BCUT2D eigenvalue weighted by molar-refractivity contribution is -0.136. The Balaban J connectivity index is 1.19. The van der Waals surface area contributed by atoms with E-state index in [1.54, 1.807) is 0 Å². The molecular weight excluding hydrogens is 913 g/mol. The number of amides is 6. The number of carbonyl (C=O) groups is 6. The van der Waals surface area contributed by atoms with Crippen molar-refractivity contribution in [1.82, 2.24) is 42.2 Å². The maximum Gasteiger partial charge on any atom is 0.243 e. The van der Waals surface area contributed by atoms with Crippen LogP contribution in [0.3, 0.4) is 0 Å². The fraction of sp³-hybridized carbons (Fsp3) is 0.464. The Kier molecular flexibility index (Phi) is 15.0. The van der Waals surface area contributed by atoms with Crippen LogP contribution in [-0.2, 0) is 41.6 Å². The highest BCUT2D eigenvalue weighted by Crippen LogP contribution is 2.41. The Bertz CT molecular complexity index is 2950. The highest BCUT2D eigenvalue weighted by atomic mass is 32.2.